The van der Waals surface area contributed by atoms with Crippen LogP contribution in [-0.4, -0.2) is 21.2 Å². The van der Waals surface area contributed by atoms with Crippen LogP contribution in [0.5, 0.6) is 0 Å². The number of rotatable bonds is 5. The third-order valence-corrected chi connectivity index (χ3v) is 5.72. The first-order valence-electron chi connectivity index (χ1n) is 9.72. The van der Waals surface area contributed by atoms with Crippen LogP contribution < -0.4 is 10.6 Å². The molecule has 29 heavy (non-hydrogen) atoms. The Bertz CT molecular complexity index is 1030. The van der Waals surface area contributed by atoms with Gasteiger partial charge in [0, 0.05) is 28.6 Å². The predicted octanol–water partition coefficient (Wildman–Crippen LogP) is 5.53. The number of amides is 2. The number of hydrogen-bond acceptors (Lipinski definition) is 5. The average molecular weight is 407 g/mol. The second-order valence-electron chi connectivity index (χ2n) is 7.26. The normalized spacial score (nSPS) is 14.0. The lowest BCUT2D eigenvalue weighted by Crippen LogP contribution is -2.22. The molecule has 0 aliphatic heterocycles. The maximum atomic E-state index is 12.9. The summed E-state index contributed by atoms with van der Waals surface area (Å²) >= 11 is 1.12. The van der Waals surface area contributed by atoms with Crippen molar-refractivity contribution >= 4 is 34.2 Å². The van der Waals surface area contributed by atoms with Gasteiger partial charge < -0.3 is 5.32 Å². The van der Waals surface area contributed by atoms with E-state index in [0.29, 0.717) is 22.2 Å². The minimum atomic E-state index is -0.440. The Labute approximate surface area is 173 Å². The van der Waals surface area contributed by atoms with Crippen molar-refractivity contribution < 1.29 is 9.59 Å². The summed E-state index contributed by atoms with van der Waals surface area (Å²) in [4.78, 5) is 29.8. The smallest absolute Gasteiger partial charge is 0.307 e. The van der Waals surface area contributed by atoms with Gasteiger partial charge in [-0.3, -0.25) is 10.1 Å². The van der Waals surface area contributed by atoms with Gasteiger partial charge in [-0.2, -0.15) is 9.36 Å². The van der Waals surface area contributed by atoms with Crippen LogP contribution >= 0.6 is 11.5 Å². The molecule has 4 rings (SSSR count). The van der Waals surface area contributed by atoms with Crippen LogP contribution in [0.15, 0.2) is 48.5 Å². The predicted molar refractivity (Wildman–Crippen MR) is 115 cm³/mol. The molecule has 6 nitrogen and oxygen atoms in total. The molecule has 0 bridgehead atoms. The molecule has 2 N–H and O–H groups in total. The van der Waals surface area contributed by atoms with E-state index in [-0.39, 0.29) is 11.7 Å². The van der Waals surface area contributed by atoms with E-state index in [0.717, 1.165) is 48.3 Å². The van der Waals surface area contributed by atoms with Gasteiger partial charge in [0.15, 0.2) is 11.6 Å². The Hall–Kier alpha value is -3.06. The van der Waals surface area contributed by atoms with Crippen LogP contribution in [0.2, 0.25) is 0 Å². The molecule has 0 atom stereocenters. The Morgan fingerprint density at radius 2 is 1.79 bits per heavy atom. The van der Waals surface area contributed by atoms with Crippen LogP contribution in [-0.2, 0) is 0 Å². The number of urea groups is 1. The Morgan fingerprint density at radius 1 is 1.03 bits per heavy atom. The third-order valence-electron chi connectivity index (χ3n) is 5.09. The minimum absolute atomic E-state index is 0.0528. The molecule has 1 aromatic heterocycles. The molecule has 0 radical (unpaired) electrons. The maximum absolute atomic E-state index is 12.9. The SMILES string of the molecule is Cc1ccc(NC(=O)Nc2nc(-c3ccccc3)ns2)c(C(=O)C2CCCC2)c1. The fourth-order valence-corrected chi connectivity index (χ4v) is 4.19. The average Bonchev–Trinajstić information content (AvgIpc) is 3.42. The molecule has 3 aromatic rings. The van der Waals surface area contributed by atoms with Gasteiger partial charge >= 0.3 is 6.03 Å². The molecule has 0 saturated heterocycles. The van der Waals surface area contributed by atoms with Gasteiger partial charge in [-0.25, -0.2) is 4.79 Å². The van der Waals surface area contributed by atoms with Gasteiger partial charge in [0.1, 0.15) is 0 Å². The zero-order valence-electron chi connectivity index (χ0n) is 16.1. The summed E-state index contributed by atoms with van der Waals surface area (Å²) in [5.41, 5.74) is 2.99. The number of aromatic nitrogens is 2. The molecule has 7 heteroatoms. The quantitative estimate of drug-likeness (QED) is 0.546. The summed E-state index contributed by atoms with van der Waals surface area (Å²) in [7, 11) is 0. The second kappa shape index (κ2) is 8.53. The third kappa shape index (κ3) is 4.51. The van der Waals surface area contributed by atoms with E-state index in [4.69, 9.17) is 0 Å². The van der Waals surface area contributed by atoms with Gasteiger partial charge in [-0.05, 0) is 31.9 Å². The summed E-state index contributed by atoms with van der Waals surface area (Å²) in [6.45, 7) is 1.95. The number of ketones is 1. The molecule has 2 aromatic carbocycles. The largest absolute Gasteiger partial charge is 0.325 e. The molecule has 148 valence electrons. The summed E-state index contributed by atoms with van der Waals surface area (Å²) in [6.07, 6.45) is 4.02. The number of carbonyl (C=O) groups is 2. The molecule has 1 aliphatic rings. The van der Waals surface area contributed by atoms with Crippen LogP contribution in [0.25, 0.3) is 11.4 Å². The van der Waals surface area contributed by atoms with E-state index in [1.165, 1.54) is 0 Å². The lowest BCUT2D eigenvalue weighted by atomic mass is 9.94. The van der Waals surface area contributed by atoms with Crippen molar-refractivity contribution in [2.75, 3.05) is 10.6 Å². The highest BCUT2D eigenvalue weighted by Gasteiger charge is 2.26. The van der Waals surface area contributed by atoms with Crippen molar-refractivity contribution in [1.82, 2.24) is 9.36 Å². The van der Waals surface area contributed by atoms with Crippen molar-refractivity contribution in [2.24, 2.45) is 5.92 Å². The molecule has 0 unspecified atom stereocenters. The number of nitrogens with one attached hydrogen (secondary N) is 2. The van der Waals surface area contributed by atoms with E-state index in [2.05, 4.69) is 20.0 Å². The highest BCUT2D eigenvalue weighted by molar-refractivity contribution is 7.10. The Balaban J connectivity index is 1.47. The zero-order chi connectivity index (χ0) is 20.2. The first-order valence-corrected chi connectivity index (χ1v) is 10.5. The zero-order valence-corrected chi connectivity index (χ0v) is 17.0. The first kappa shape index (κ1) is 19.3. The van der Waals surface area contributed by atoms with Crippen LogP contribution in [0.3, 0.4) is 0 Å². The van der Waals surface area contributed by atoms with E-state index in [9.17, 15) is 9.59 Å². The lowest BCUT2D eigenvalue weighted by Gasteiger charge is -2.14. The summed E-state index contributed by atoms with van der Waals surface area (Å²) in [6, 6.07) is 14.7. The van der Waals surface area contributed by atoms with Crippen molar-refractivity contribution in [2.45, 2.75) is 32.6 Å². The van der Waals surface area contributed by atoms with Crippen molar-refractivity contribution in [3.8, 4) is 11.4 Å². The molecule has 2 amide bonds. The topological polar surface area (TPSA) is 84.0 Å². The van der Waals surface area contributed by atoms with Crippen LogP contribution in [0, 0.1) is 12.8 Å². The number of aryl methyl sites for hydroxylation is 1. The number of Topliss-reactive ketones (excluding diaryl/α,β-unsaturated/α-hetero) is 1. The van der Waals surface area contributed by atoms with E-state index >= 15 is 0 Å². The molecular weight excluding hydrogens is 384 g/mol. The van der Waals surface area contributed by atoms with Crippen molar-refractivity contribution in [3.63, 3.8) is 0 Å². The highest BCUT2D eigenvalue weighted by atomic mass is 32.1. The van der Waals surface area contributed by atoms with Crippen LogP contribution in [0.1, 0.15) is 41.6 Å². The van der Waals surface area contributed by atoms with E-state index < -0.39 is 6.03 Å². The minimum Gasteiger partial charge on any atom is -0.307 e. The number of nitrogens with zero attached hydrogens (tertiary/aromatic N) is 2. The van der Waals surface area contributed by atoms with Crippen LogP contribution in [0.4, 0.5) is 15.6 Å². The summed E-state index contributed by atoms with van der Waals surface area (Å²) in [5.74, 6) is 0.735. The van der Waals surface area contributed by atoms with Gasteiger partial charge in [0.2, 0.25) is 5.13 Å². The number of carbonyl (C=O) groups excluding carboxylic acids is 2. The van der Waals surface area contributed by atoms with Crippen molar-refractivity contribution in [3.05, 3.63) is 59.7 Å². The lowest BCUT2D eigenvalue weighted by molar-refractivity contribution is 0.0923. The highest BCUT2D eigenvalue weighted by Crippen LogP contribution is 2.31. The maximum Gasteiger partial charge on any atom is 0.325 e. The molecule has 1 heterocycles. The molecule has 1 fully saturated rings. The van der Waals surface area contributed by atoms with Crippen molar-refractivity contribution in [1.29, 1.82) is 0 Å². The molecule has 0 spiro atoms. The van der Waals surface area contributed by atoms with Gasteiger partial charge in [-0.1, -0.05) is 54.8 Å². The van der Waals surface area contributed by atoms with E-state index in [1.54, 1.807) is 6.07 Å². The summed E-state index contributed by atoms with van der Waals surface area (Å²) < 4.78 is 4.29. The Kier molecular flexibility index (Phi) is 5.67. The first-order chi connectivity index (χ1) is 14.1. The fraction of sp³-hybridized carbons (Fsp3) is 0.273. The molecule has 1 saturated carbocycles. The number of hydrogen-bond donors (Lipinski definition) is 2. The van der Waals surface area contributed by atoms with Gasteiger partial charge in [-0.15, -0.1) is 0 Å². The van der Waals surface area contributed by atoms with Gasteiger partial charge in [0.25, 0.3) is 0 Å². The monoisotopic (exact) mass is 406 g/mol. The summed E-state index contributed by atoms with van der Waals surface area (Å²) in [5, 5.41) is 5.92. The molecule has 1 aliphatic carbocycles. The van der Waals surface area contributed by atoms with Gasteiger partial charge in [0.05, 0.1) is 5.69 Å². The second-order valence-corrected chi connectivity index (χ2v) is 8.01. The number of benzene rings is 2. The standard InChI is InChI=1S/C22H22N4O2S/c1-14-11-12-18(17(13-14)19(27)15-7-5-6-8-15)23-21(28)25-22-24-20(26-29-22)16-9-3-2-4-10-16/h2-4,9-13,15H,5-8H2,1H3,(H2,23,24,25,26,28). The molecular formula is C22H22N4O2S. The van der Waals surface area contributed by atoms with E-state index in [1.807, 2.05) is 49.4 Å². The Morgan fingerprint density at radius 3 is 2.55 bits per heavy atom. The fourth-order valence-electron chi connectivity index (χ4n) is 3.61. The number of anilines is 2.